The SMILES string of the molecule is COc1cccc(N2CC(C(=O)N3CCc4[nH]c5ccc(Cl)cc5c4C3)CC2=O)c1. The van der Waals surface area contributed by atoms with Crippen LogP contribution in [-0.4, -0.2) is 41.9 Å². The molecule has 0 saturated carbocycles. The maximum absolute atomic E-state index is 13.3. The summed E-state index contributed by atoms with van der Waals surface area (Å²) >= 11 is 6.19. The lowest BCUT2D eigenvalue weighted by molar-refractivity contribution is -0.136. The Kier molecular flexibility index (Phi) is 4.66. The summed E-state index contributed by atoms with van der Waals surface area (Å²) in [6, 6.07) is 13.2. The number of amides is 2. The number of benzene rings is 2. The molecule has 0 radical (unpaired) electrons. The Balaban J connectivity index is 1.35. The molecule has 30 heavy (non-hydrogen) atoms. The van der Waals surface area contributed by atoms with Gasteiger partial charge in [-0.3, -0.25) is 9.59 Å². The molecule has 3 heterocycles. The fourth-order valence-electron chi connectivity index (χ4n) is 4.53. The second kappa shape index (κ2) is 7.36. The summed E-state index contributed by atoms with van der Waals surface area (Å²) in [7, 11) is 1.60. The van der Waals surface area contributed by atoms with Gasteiger partial charge < -0.3 is 19.5 Å². The van der Waals surface area contributed by atoms with E-state index in [0.29, 0.717) is 30.4 Å². The van der Waals surface area contributed by atoms with E-state index in [1.165, 1.54) is 0 Å². The van der Waals surface area contributed by atoms with Crippen LogP contribution in [0.1, 0.15) is 17.7 Å². The summed E-state index contributed by atoms with van der Waals surface area (Å²) < 4.78 is 5.26. The monoisotopic (exact) mass is 423 g/mol. The summed E-state index contributed by atoms with van der Waals surface area (Å²) in [5, 5.41) is 1.75. The topological polar surface area (TPSA) is 65.6 Å². The summed E-state index contributed by atoms with van der Waals surface area (Å²) in [5.74, 6) is 0.365. The van der Waals surface area contributed by atoms with Crippen LogP contribution < -0.4 is 9.64 Å². The quantitative estimate of drug-likeness (QED) is 0.697. The second-order valence-corrected chi connectivity index (χ2v) is 8.33. The maximum atomic E-state index is 13.3. The Labute approximate surface area is 179 Å². The van der Waals surface area contributed by atoms with Crippen LogP contribution in [0.3, 0.4) is 0 Å². The molecule has 2 amide bonds. The van der Waals surface area contributed by atoms with Crippen molar-refractivity contribution in [2.24, 2.45) is 5.92 Å². The van der Waals surface area contributed by atoms with E-state index in [9.17, 15) is 9.59 Å². The van der Waals surface area contributed by atoms with Gasteiger partial charge in [0, 0.05) is 71.4 Å². The predicted octanol–water partition coefficient (Wildman–Crippen LogP) is 3.77. The van der Waals surface area contributed by atoms with Crippen molar-refractivity contribution in [3.63, 3.8) is 0 Å². The summed E-state index contributed by atoms with van der Waals surface area (Å²) in [5.41, 5.74) is 4.10. The molecular formula is C23H22ClN3O3. The molecule has 1 saturated heterocycles. The number of nitrogens with zero attached hydrogens (tertiary/aromatic N) is 2. The first-order chi connectivity index (χ1) is 14.5. The molecule has 0 spiro atoms. The van der Waals surface area contributed by atoms with Crippen molar-refractivity contribution in [3.8, 4) is 5.75 Å². The van der Waals surface area contributed by atoms with Crippen LogP contribution in [-0.2, 0) is 22.6 Å². The molecule has 2 aliphatic heterocycles. The zero-order valence-electron chi connectivity index (χ0n) is 16.7. The maximum Gasteiger partial charge on any atom is 0.228 e. The van der Waals surface area contributed by atoms with E-state index in [-0.39, 0.29) is 24.2 Å². The predicted molar refractivity (Wildman–Crippen MR) is 116 cm³/mol. The Morgan fingerprint density at radius 3 is 2.93 bits per heavy atom. The molecular weight excluding hydrogens is 402 g/mol. The normalized spacial score (nSPS) is 18.7. The van der Waals surface area contributed by atoms with Gasteiger partial charge in [-0.25, -0.2) is 0 Å². The van der Waals surface area contributed by atoms with E-state index >= 15 is 0 Å². The van der Waals surface area contributed by atoms with Crippen molar-refractivity contribution in [2.45, 2.75) is 19.4 Å². The van der Waals surface area contributed by atoms with Gasteiger partial charge in [0.05, 0.1) is 13.0 Å². The lowest BCUT2D eigenvalue weighted by Gasteiger charge is -2.29. The molecule has 1 atom stereocenters. The van der Waals surface area contributed by atoms with Crippen LogP contribution >= 0.6 is 11.6 Å². The first-order valence-electron chi connectivity index (χ1n) is 10.1. The first kappa shape index (κ1) is 19.0. The van der Waals surface area contributed by atoms with Crippen molar-refractivity contribution in [2.75, 3.05) is 25.1 Å². The highest BCUT2D eigenvalue weighted by Gasteiger charge is 2.38. The summed E-state index contributed by atoms with van der Waals surface area (Å²) in [6.45, 7) is 1.59. The van der Waals surface area contributed by atoms with Gasteiger partial charge in [0.2, 0.25) is 11.8 Å². The fraction of sp³-hybridized carbons (Fsp3) is 0.304. The van der Waals surface area contributed by atoms with Crippen LogP contribution in [0.5, 0.6) is 5.75 Å². The van der Waals surface area contributed by atoms with Crippen LogP contribution in [0.25, 0.3) is 10.9 Å². The number of anilines is 1. The lowest BCUT2D eigenvalue weighted by atomic mass is 10.0. The van der Waals surface area contributed by atoms with Gasteiger partial charge in [0.25, 0.3) is 0 Å². The average Bonchev–Trinajstić information content (AvgIpc) is 3.33. The number of rotatable bonds is 3. The minimum absolute atomic E-state index is 0.0295. The zero-order chi connectivity index (χ0) is 20.8. The van der Waals surface area contributed by atoms with E-state index in [1.807, 2.05) is 47.4 Å². The van der Waals surface area contributed by atoms with E-state index in [4.69, 9.17) is 16.3 Å². The third-order valence-corrected chi connectivity index (χ3v) is 6.32. The number of H-pyrrole nitrogens is 1. The van der Waals surface area contributed by atoms with Crippen molar-refractivity contribution in [3.05, 3.63) is 58.7 Å². The third kappa shape index (κ3) is 3.21. The number of hydrogen-bond acceptors (Lipinski definition) is 3. The second-order valence-electron chi connectivity index (χ2n) is 7.89. The molecule has 1 unspecified atom stereocenters. The van der Waals surface area contributed by atoms with Gasteiger partial charge in [0.1, 0.15) is 5.75 Å². The Hall–Kier alpha value is -2.99. The van der Waals surface area contributed by atoms with E-state index < -0.39 is 0 Å². The highest BCUT2D eigenvalue weighted by atomic mass is 35.5. The molecule has 7 heteroatoms. The molecule has 1 fully saturated rings. The number of carbonyl (C=O) groups is 2. The van der Waals surface area contributed by atoms with E-state index in [1.54, 1.807) is 12.0 Å². The van der Waals surface area contributed by atoms with E-state index in [0.717, 1.165) is 34.3 Å². The number of methoxy groups -OCH3 is 1. The minimum Gasteiger partial charge on any atom is -0.497 e. The largest absolute Gasteiger partial charge is 0.497 e. The fourth-order valence-corrected chi connectivity index (χ4v) is 4.71. The molecule has 5 rings (SSSR count). The van der Waals surface area contributed by atoms with Crippen LogP contribution in [0.2, 0.25) is 5.02 Å². The summed E-state index contributed by atoms with van der Waals surface area (Å²) in [6.07, 6.45) is 1.01. The Bertz CT molecular complexity index is 1160. The van der Waals surface area contributed by atoms with Crippen LogP contribution in [0.15, 0.2) is 42.5 Å². The number of ether oxygens (including phenoxy) is 1. The molecule has 1 aromatic heterocycles. The molecule has 2 aromatic carbocycles. The number of nitrogens with one attached hydrogen (secondary N) is 1. The highest BCUT2D eigenvalue weighted by Crippen LogP contribution is 2.33. The average molecular weight is 424 g/mol. The molecule has 3 aromatic rings. The number of halogens is 1. The van der Waals surface area contributed by atoms with Gasteiger partial charge in [-0.2, -0.15) is 0 Å². The van der Waals surface area contributed by atoms with Crippen molar-refractivity contribution < 1.29 is 14.3 Å². The smallest absolute Gasteiger partial charge is 0.228 e. The van der Waals surface area contributed by atoms with E-state index in [2.05, 4.69) is 4.98 Å². The Morgan fingerprint density at radius 1 is 1.23 bits per heavy atom. The number of aromatic amines is 1. The highest BCUT2D eigenvalue weighted by molar-refractivity contribution is 6.31. The number of aromatic nitrogens is 1. The number of carbonyl (C=O) groups excluding carboxylic acids is 2. The van der Waals surface area contributed by atoms with Crippen LogP contribution in [0.4, 0.5) is 5.69 Å². The summed E-state index contributed by atoms with van der Waals surface area (Å²) in [4.78, 5) is 32.9. The first-order valence-corrected chi connectivity index (χ1v) is 10.4. The molecule has 154 valence electrons. The number of fused-ring (bicyclic) bond motifs is 3. The molecule has 1 N–H and O–H groups in total. The Morgan fingerprint density at radius 2 is 2.10 bits per heavy atom. The molecule has 0 aliphatic carbocycles. The molecule has 6 nitrogen and oxygen atoms in total. The minimum atomic E-state index is -0.334. The van der Waals surface area contributed by atoms with Crippen molar-refractivity contribution in [1.82, 2.24) is 9.88 Å². The third-order valence-electron chi connectivity index (χ3n) is 6.09. The van der Waals surface area contributed by atoms with Gasteiger partial charge >= 0.3 is 0 Å². The van der Waals surface area contributed by atoms with Crippen molar-refractivity contribution in [1.29, 1.82) is 0 Å². The van der Waals surface area contributed by atoms with Crippen LogP contribution in [0, 0.1) is 5.92 Å². The lowest BCUT2D eigenvalue weighted by Crippen LogP contribution is -2.40. The standard InChI is InChI=1S/C23H22ClN3O3/c1-30-17-4-2-3-16(11-17)27-12-14(9-22(27)28)23(29)26-8-7-21-19(13-26)18-10-15(24)5-6-20(18)25-21/h2-6,10-11,14,25H,7-9,12-13H2,1H3. The zero-order valence-corrected chi connectivity index (χ0v) is 17.4. The van der Waals surface area contributed by atoms with Gasteiger partial charge in [-0.15, -0.1) is 0 Å². The van der Waals surface area contributed by atoms with Gasteiger partial charge in [0.15, 0.2) is 0 Å². The van der Waals surface area contributed by atoms with Gasteiger partial charge in [-0.1, -0.05) is 17.7 Å². The van der Waals surface area contributed by atoms with Gasteiger partial charge in [-0.05, 0) is 30.3 Å². The van der Waals surface area contributed by atoms with Crippen molar-refractivity contribution >= 4 is 40.0 Å². The molecule has 2 aliphatic rings. The number of hydrogen-bond donors (Lipinski definition) is 1. The molecule has 0 bridgehead atoms.